The molecular weight excluding hydrogens is 416 g/mol. The molecule has 0 saturated heterocycles. The third-order valence-corrected chi connectivity index (χ3v) is 6.33. The second-order valence-corrected chi connectivity index (χ2v) is 8.13. The Labute approximate surface area is 175 Å². The van der Waals surface area contributed by atoms with Gasteiger partial charge in [0.2, 0.25) is 0 Å². The summed E-state index contributed by atoms with van der Waals surface area (Å²) in [7, 11) is 0. The fourth-order valence-corrected chi connectivity index (χ4v) is 5.02. The summed E-state index contributed by atoms with van der Waals surface area (Å²) in [6, 6.07) is 6.98. The molecule has 4 rings (SSSR count). The summed E-state index contributed by atoms with van der Waals surface area (Å²) in [6.45, 7) is -0.193. The van der Waals surface area contributed by atoms with Gasteiger partial charge in [-0.05, 0) is 54.3 Å². The van der Waals surface area contributed by atoms with Crippen LogP contribution in [-0.4, -0.2) is 27.4 Å². The molecule has 1 fully saturated rings. The molecule has 2 aliphatic rings. The van der Waals surface area contributed by atoms with Crippen LogP contribution in [0.3, 0.4) is 0 Å². The van der Waals surface area contributed by atoms with Crippen molar-refractivity contribution >= 4 is 17.6 Å². The molecule has 1 aliphatic carbocycles. The van der Waals surface area contributed by atoms with Crippen molar-refractivity contribution in [3.8, 4) is 0 Å². The first-order chi connectivity index (χ1) is 14.5. The molecule has 2 aromatic rings. The molecule has 1 amide bonds. The van der Waals surface area contributed by atoms with Gasteiger partial charge in [0.1, 0.15) is 11.7 Å². The highest BCUT2D eigenvalue weighted by atomic mass is 19.4. The fourth-order valence-electron chi connectivity index (χ4n) is 5.02. The minimum atomic E-state index is -4.83. The highest BCUT2D eigenvalue weighted by molar-refractivity contribution is 6.01. The monoisotopic (exact) mass is 436 g/mol. The number of hydrogen-bond donors (Lipinski definition) is 2. The number of carboxylic acid groups (broad SMARTS) is 1. The first kappa shape index (κ1) is 21.1. The average molecular weight is 436 g/mol. The van der Waals surface area contributed by atoms with Crippen LogP contribution in [0.15, 0.2) is 36.4 Å². The van der Waals surface area contributed by atoms with Gasteiger partial charge in [0.25, 0.3) is 5.91 Å². The largest absolute Gasteiger partial charge is 0.481 e. The maximum Gasteiger partial charge on any atom is 0.419 e. The van der Waals surface area contributed by atoms with Gasteiger partial charge < -0.3 is 15.7 Å². The van der Waals surface area contributed by atoms with Gasteiger partial charge in [-0.25, -0.2) is 4.39 Å². The predicted octanol–water partition coefficient (Wildman–Crippen LogP) is 4.56. The molecule has 0 radical (unpaired) electrons. The van der Waals surface area contributed by atoms with Gasteiger partial charge in [-0.2, -0.15) is 13.2 Å². The summed E-state index contributed by atoms with van der Waals surface area (Å²) >= 11 is 0. The molecule has 9 heteroatoms. The first-order valence-corrected chi connectivity index (χ1v) is 9.84. The lowest BCUT2D eigenvalue weighted by atomic mass is 9.71. The summed E-state index contributed by atoms with van der Waals surface area (Å²) in [5.74, 6) is -4.01. The molecule has 2 aromatic carbocycles. The molecule has 0 aromatic heterocycles. The number of hydrogen-bond acceptors (Lipinski definition) is 3. The predicted molar refractivity (Wildman–Crippen MR) is 104 cm³/mol. The Kier molecular flexibility index (Phi) is 4.94. The molecule has 1 atom stereocenters. The van der Waals surface area contributed by atoms with Gasteiger partial charge in [-0.3, -0.25) is 9.59 Å². The standard InChI is InChI=1S/C22H20F4N2O3/c23-17-9-12(3-6-16(17)22(24,25)26)11-28-19(29)14-5-4-13(27)10-15(14)18(20(30)31)21(28)7-1-2-8-21/h3-6,9-10,18H,1-2,7-8,11,27H2,(H,30,31). The van der Waals surface area contributed by atoms with Crippen LogP contribution in [0.1, 0.15) is 58.6 Å². The topological polar surface area (TPSA) is 83.6 Å². The lowest BCUT2D eigenvalue weighted by Gasteiger charge is -2.49. The number of alkyl halides is 3. The maximum absolute atomic E-state index is 14.1. The summed E-state index contributed by atoms with van der Waals surface area (Å²) in [6.07, 6.45) is -2.58. The van der Waals surface area contributed by atoms with Crippen LogP contribution in [0.4, 0.5) is 23.2 Å². The number of aliphatic carboxylic acids is 1. The van der Waals surface area contributed by atoms with Crippen molar-refractivity contribution in [2.24, 2.45) is 0 Å². The number of amides is 1. The number of nitrogens with two attached hydrogens (primary N) is 1. The molecule has 1 saturated carbocycles. The zero-order valence-corrected chi connectivity index (χ0v) is 16.4. The molecule has 164 valence electrons. The van der Waals surface area contributed by atoms with Crippen molar-refractivity contribution in [1.82, 2.24) is 4.90 Å². The van der Waals surface area contributed by atoms with E-state index in [2.05, 4.69) is 0 Å². The lowest BCUT2D eigenvalue weighted by molar-refractivity contribution is -0.143. The first-order valence-electron chi connectivity index (χ1n) is 9.84. The quantitative estimate of drug-likeness (QED) is 0.546. The van der Waals surface area contributed by atoms with Gasteiger partial charge in [-0.1, -0.05) is 18.9 Å². The van der Waals surface area contributed by atoms with Crippen molar-refractivity contribution in [2.75, 3.05) is 5.73 Å². The summed E-state index contributed by atoms with van der Waals surface area (Å²) in [5.41, 5.74) is 4.43. The Balaban J connectivity index is 1.81. The third-order valence-electron chi connectivity index (χ3n) is 6.33. The second-order valence-electron chi connectivity index (χ2n) is 8.13. The summed E-state index contributed by atoms with van der Waals surface area (Å²) in [5, 5.41) is 10.1. The number of nitrogen functional groups attached to an aromatic ring is 1. The molecule has 31 heavy (non-hydrogen) atoms. The van der Waals surface area contributed by atoms with Crippen molar-refractivity contribution < 1.29 is 32.3 Å². The highest BCUT2D eigenvalue weighted by Crippen LogP contribution is 2.51. The Bertz CT molecular complexity index is 1060. The van der Waals surface area contributed by atoms with E-state index in [0.717, 1.165) is 12.1 Å². The molecular formula is C22H20F4N2O3. The summed E-state index contributed by atoms with van der Waals surface area (Å²) in [4.78, 5) is 27.1. The Hall–Kier alpha value is -3.10. The van der Waals surface area contributed by atoms with Crippen LogP contribution < -0.4 is 5.73 Å². The number of nitrogens with zero attached hydrogens (tertiary/aromatic N) is 1. The average Bonchev–Trinajstić information content (AvgIpc) is 3.13. The number of anilines is 1. The normalized spacial score (nSPS) is 20.2. The number of carbonyl (C=O) groups is 2. The van der Waals surface area contributed by atoms with Gasteiger partial charge in [0.05, 0.1) is 11.1 Å². The Morgan fingerprint density at radius 2 is 1.84 bits per heavy atom. The van der Waals surface area contributed by atoms with Crippen LogP contribution in [0.25, 0.3) is 0 Å². The van der Waals surface area contributed by atoms with Crippen molar-refractivity contribution in [1.29, 1.82) is 0 Å². The van der Waals surface area contributed by atoms with Gasteiger partial charge in [0, 0.05) is 17.8 Å². The van der Waals surface area contributed by atoms with Crippen molar-refractivity contribution in [3.63, 3.8) is 0 Å². The zero-order chi connectivity index (χ0) is 22.6. The van der Waals surface area contributed by atoms with Gasteiger partial charge in [-0.15, -0.1) is 0 Å². The van der Waals surface area contributed by atoms with Crippen LogP contribution in [0.2, 0.25) is 0 Å². The number of carbonyl (C=O) groups excluding carboxylic acids is 1. The van der Waals surface area contributed by atoms with Crippen LogP contribution in [0.5, 0.6) is 0 Å². The SMILES string of the molecule is Nc1ccc2c(c1)C(C(=O)O)C1(CCCC1)N(Cc1ccc(C(F)(F)F)c(F)c1)C2=O. The number of rotatable bonds is 3. The number of halogens is 4. The molecule has 1 heterocycles. The van der Waals surface area contributed by atoms with E-state index in [1.165, 1.54) is 23.1 Å². The fraction of sp³-hybridized carbons (Fsp3) is 0.364. The number of benzene rings is 2. The number of carboxylic acids is 1. The van der Waals surface area contributed by atoms with Gasteiger partial charge >= 0.3 is 12.1 Å². The lowest BCUT2D eigenvalue weighted by Crippen LogP contribution is -2.58. The van der Waals surface area contributed by atoms with E-state index in [1.54, 1.807) is 0 Å². The Morgan fingerprint density at radius 3 is 2.42 bits per heavy atom. The van der Waals surface area contributed by atoms with Crippen molar-refractivity contribution in [3.05, 3.63) is 64.5 Å². The zero-order valence-electron chi connectivity index (χ0n) is 16.4. The van der Waals surface area contributed by atoms with E-state index in [9.17, 15) is 32.3 Å². The van der Waals surface area contributed by atoms with Gasteiger partial charge in [0.15, 0.2) is 0 Å². The third kappa shape index (κ3) is 3.41. The van der Waals surface area contributed by atoms with E-state index in [-0.39, 0.29) is 17.7 Å². The smallest absolute Gasteiger partial charge is 0.419 e. The molecule has 0 bridgehead atoms. The van der Waals surface area contributed by atoms with Crippen molar-refractivity contribution in [2.45, 2.75) is 49.9 Å². The highest BCUT2D eigenvalue weighted by Gasteiger charge is 2.55. The minimum Gasteiger partial charge on any atom is -0.481 e. The molecule has 1 aliphatic heterocycles. The molecule has 1 spiro atoms. The van der Waals surface area contributed by atoms with E-state index in [1.807, 2.05) is 0 Å². The minimum absolute atomic E-state index is 0.160. The van der Waals surface area contributed by atoms with Crippen LogP contribution in [-0.2, 0) is 17.5 Å². The second kappa shape index (κ2) is 7.25. The van der Waals surface area contributed by atoms with Crippen LogP contribution in [0, 0.1) is 5.82 Å². The van der Waals surface area contributed by atoms with E-state index in [4.69, 9.17) is 5.73 Å². The van der Waals surface area contributed by atoms with E-state index < -0.39 is 40.9 Å². The Morgan fingerprint density at radius 1 is 1.16 bits per heavy atom. The molecule has 5 nitrogen and oxygen atoms in total. The molecule has 1 unspecified atom stereocenters. The van der Waals surface area contributed by atoms with Crippen LogP contribution >= 0.6 is 0 Å². The molecule has 3 N–H and O–H groups in total. The van der Waals surface area contributed by atoms with E-state index >= 15 is 0 Å². The van der Waals surface area contributed by atoms with E-state index in [0.29, 0.717) is 43.0 Å². The number of fused-ring (bicyclic) bond motifs is 1. The summed E-state index contributed by atoms with van der Waals surface area (Å²) < 4.78 is 52.8. The maximum atomic E-state index is 14.1.